The second-order valence-electron chi connectivity index (χ2n) is 7.20. The first-order chi connectivity index (χ1) is 16.6. The molecule has 13 heteroatoms. The smallest absolute Gasteiger partial charge is 0.302 e. The molecule has 0 radical (unpaired) electrons. The molecule has 0 unspecified atom stereocenters. The summed E-state index contributed by atoms with van der Waals surface area (Å²) in [4.78, 5) is 35.8. The number of hydrogen-bond donors (Lipinski definition) is 2. The topological polar surface area (TPSA) is 160 Å². The molecule has 0 aliphatic carbocycles. The number of esters is 2. The van der Waals surface area contributed by atoms with E-state index in [-0.39, 0.29) is 35.5 Å². The van der Waals surface area contributed by atoms with Crippen molar-refractivity contribution in [3.8, 4) is 0 Å². The van der Waals surface area contributed by atoms with Gasteiger partial charge < -0.3 is 35.3 Å². The zero-order valence-corrected chi connectivity index (χ0v) is 20.1. The van der Waals surface area contributed by atoms with Crippen molar-refractivity contribution in [2.75, 3.05) is 36.5 Å². The van der Waals surface area contributed by atoms with Gasteiger partial charge in [0.05, 0.1) is 23.8 Å². The summed E-state index contributed by atoms with van der Waals surface area (Å²) in [7, 11) is 0. The van der Waals surface area contributed by atoms with Gasteiger partial charge in [-0.15, -0.1) is 10.2 Å². The Morgan fingerprint density at radius 3 is 2.03 bits per heavy atom. The summed E-state index contributed by atoms with van der Waals surface area (Å²) in [5, 5.41) is 31.5. The monoisotopic (exact) mass is 506 g/mol. The molecule has 2 N–H and O–H groups in total. The molecular weight excluding hydrogens is 482 g/mol. The highest BCUT2D eigenvalue weighted by atomic mass is 35.5. The summed E-state index contributed by atoms with van der Waals surface area (Å²) in [6.45, 7) is 4.76. The van der Waals surface area contributed by atoms with E-state index >= 15 is 0 Å². The van der Waals surface area contributed by atoms with E-state index in [9.17, 15) is 24.8 Å². The number of benzene rings is 2. The summed E-state index contributed by atoms with van der Waals surface area (Å²) in [5.74, 6) is -1.20. The minimum atomic E-state index is -1.37. The van der Waals surface area contributed by atoms with Crippen LogP contribution in [0.2, 0.25) is 5.02 Å². The molecule has 2 aromatic carbocycles. The molecule has 0 spiro atoms. The molecule has 188 valence electrons. The first-order valence-electron chi connectivity index (χ1n) is 10.4. The highest BCUT2D eigenvalue weighted by Gasteiger charge is 2.13. The van der Waals surface area contributed by atoms with Gasteiger partial charge in [-0.05, 0) is 24.3 Å². The van der Waals surface area contributed by atoms with Crippen molar-refractivity contribution in [3.63, 3.8) is 0 Å². The molecule has 12 nitrogen and oxygen atoms in total. The number of nitrogens with zero attached hydrogens (tertiary/aromatic N) is 3. The number of quaternary nitrogens is 1. The summed E-state index contributed by atoms with van der Waals surface area (Å²) >= 11 is 6.08. The lowest BCUT2D eigenvalue weighted by Gasteiger charge is -2.25. The Kier molecular flexibility index (Phi) is 10.5. The first-order valence-corrected chi connectivity index (χ1v) is 10.8. The van der Waals surface area contributed by atoms with Gasteiger partial charge in [-0.25, -0.2) is 0 Å². The molecule has 0 aliphatic heterocycles. The Balaban J connectivity index is 2.32. The normalized spacial score (nSPS) is 10.9. The van der Waals surface area contributed by atoms with Gasteiger partial charge in [0, 0.05) is 38.6 Å². The SMILES string of the molecule is CC(=O)Nc1cc(N(CCOC(C)=O)CCOC(C)=O)ccc1N=Nc1ccc([NH+]([O-])[O-])cc1Cl. The molecule has 0 heterocycles. The van der Waals surface area contributed by atoms with Crippen LogP contribution in [0.5, 0.6) is 0 Å². The third-order valence-corrected chi connectivity index (χ3v) is 4.74. The molecule has 2 aromatic rings. The van der Waals surface area contributed by atoms with E-state index in [1.54, 1.807) is 18.2 Å². The standard InChI is InChI=1S/C22H25ClN5O7/c1-14(29)24-22-13-17(27(8-10-34-15(2)30)9-11-35-16(3)31)4-7-21(22)26-25-20-6-5-18(28(32)33)12-19(20)23/h4-7,12-13,28H,8-11H2,1-3H3,(H,24,29)/q-1. The van der Waals surface area contributed by atoms with Crippen molar-refractivity contribution in [2.45, 2.75) is 20.8 Å². The number of amides is 1. The summed E-state index contributed by atoms with van der Waals surface area (Å²) in [6.07, 6.45) is 0. The Hall–Kier alpha value is -3.58. The zero-order valence-electron chi connectivity index (χ0n) is 19.4. The van der Waals surface area contributed by atoms with Gasteiger partial charge in [0.25, 0.3) is 0 Å². The van der Waals surface area contributed by atoms with Crippen LogP contribution >= 0.6 is 11.6 Å². The van der Waals surface area contributed by atoms with E-state index in [1.807, 2.05) is 4.90 Å². The van der Waals surface area contributed by atoms with Crippen LogP contribution in [0.3, 0.4) is 0 Å². The van der Waals surface area contributed by atoms with Crippen LogP contribution in [-0.4, -0.2) is 44.1 Å². The summed E-state index contributed by atoms with van der Waals surface area (Å²) in [6, 6.07) is 8.85. The molecule has 0 fully saturated rings. The van der Waals surface area contributed by atoms with E-state index in [1.165, 1.54) is 39.0 Å². The fraction of sp³-hybridized carbons (Fsp3) is 0.318. The number of halogens is 1. The van der Waals surface area contributed by atoms with Crippen molar-refractivity contribution in [1.29, 1.82) is 0 Å². The first kappa shape index (κ1) is 27.7. The van der Waals surface area contributed by atoms with Crippen LogP contribution in [0.15, 0.2) is 46.6 Å². The molecule has 1 amide bonds. The van der Waals surface area contributed by atoms with Crippen LogP contribution in [0.4, 0.5) is 28.4 Å². The van der Waals surface area contributed by atoms with E-state index in [2.05, 4.69) is 15.5 Å². The van der Waals surface area contributed by atoms with Gasteiger partial charge in [0.1, 0.15) is 30.3 Å². The minimum Gasteiger partial charge on any atom is -0.628 e. The zero-order chi connectivity index (χ0) is 26.0. The molecule has 0 bridgehead atoms. The molecule has 35 heavy (non-hydrogen) atoms. The Bertz CT molecular complexity index is 1070. The second kappa shape index (κ2) is 13.3. The second-order valence-corrected chi connectivity index (χ2v) is 7.61. The average molecular weight is 507 g/mol. The number of ether oxygens (including phenoxy) is 2. The molecular formula is C22H25ClN5O7-. The number of nitrogens with one attached hydrogen (secondary N) is 2. The van der Waals surface area contributed by atoms with Crippen LogP contribution in [0, 0.1) is 10.4 Å². The number of hydrogen-bond acceptors (Lipinski definition) is 10. The number of rotatable bonds is 11. The molecule has 2 rings (SSSR count). The Morgan fingerprint density at radius 2 is 1.51 bits per heavy atom. The predicted octanol–water partition coefficient (Wildman–Crippen LogP) is 3.16. The molecule has 0 aliphatic rings. The van der Waals surface area contributed by atoms with E-state index in [0.717, 1.165) is 0 Å². The van der Waals surface area contributed by atoms with E-state index < -0.39 is 17.2 Å². The lowest BCUT2D eigenvalue weighted by Crippen LogP contribution is -2.96. The Labute approximate surface area is 206 Å². The number of carbonyl (C=O) groups excluding carboxylic acids is 3. The van der Waals surface area contributed by atoms with Crippen LogP contribution in [-0.2, 0) is 23.9 Å². The summed E-state index contributed by atoms with van der Waals surface area (Å²) in [5.41, 5.74) is 1.41. The predicted molar refractivity (Wildman–Crippen MR) is 129 cm³/mol. The van der Waals surface area contributed by atoms with Crippen LogP contribution in [0.25, 0.3) is 0 Å². The van der Waals surface area contributed by atoms with Gasteiger partial charge in [0.2, 0.25) is 5.91 Å². The molecule has 0 saturated heterocycles. The fourth-order valence-corrected chi connectivity index (χ4v) is 3.11. The van der Waals surface area contributed by atoms with Gasteiger partial charge in [-0.2, -0.15) is 0 Å². The average Bonchev–Trinajstić information content (AvgIpc) is 2.77. The molecule has 0 atom stereocenters. The highest BCUT2D eigenvalue weighted by molar-refractivity contribution is 6.33. The maximum atomic E-state index is 11.8. The van der Waals surface area contributed by atoms with Crippen molar-refractivity contribution < 1.29 is 29.1 Å². The Morgan fingerprint density at radius 1 is 0.943 bits per heavy atom. The van der Waals surface area contributed by atoms with Crippen molar-refractivity contribution in [3.05, 3.63) is 51.8 Å². The van der Waals surface area contributed by atoms with Crippen LogP contribution in [0.1, 0.15) is 20.8 Å². The third-order valence-electron chi connectivity index (χ3n) is 4.44. The number of anilines is 2. The lowest BCUT2D eigenvalue weighted by molar-refractivity contribution is -0.715. The fourth-order valence-electron chi connectivity index (χ4n) is 2.89. The minimum absolute atomic E-state index is 0.0651. The van der Waals surface area contributed by atoms with E-state index in [0.29, 0.717) is 30.2 Å². The maximum Gasteiger partial charge on any atom is 0.302 e. The summed E-state index contributed by atoms with van der Waals surface area (Å²) < 4.78 is 10.0. The van der Waals surface area contributed by atoms with Gasteiger partial charge >= 0.3 is 11.9 Å². The van der Waals surface area contributed by atoms with Gasteiger partial charge in [-0.3, -0.25) is 14.4 Å². The van der Waals surface area contributed by atoms with Gasteiger partial charge in [-0.1, -0.05) is 11.6 Å². The lowest BCUT2D eigenvalue weighted by atomic mass is 10.2. The quantitative estimate of drug-likeness (QED) is 0.267. The van der Waals surface area contributed by atoms with Crippen molar-refractivity contribution in [2.24, 2.45) is 10.2 Å². The number of carbonyl (C=O) groups is 3. The highest BCUT2D eigenvalue weighted by Crippen LogP contribution is 2.33. The van der Waals surface area contributed by atoms with Crippen LogP contribution < -0.4 is 15.4 Å². The maximum absolute atomic E-state index is 11.8. The van der Waals surface area contributed by atoms with E-state index in [4.69, 9.17) is 21.1 Å². The van der Waals surface area contributed by atoms with Gasteiger partial charge in [0.15, 0.2) is 0 Å². The van der Waals surface area contributed by atoms with Crippen molar-refractivity contribution in [1.82, 2.24) is 0 Å². The number of azo groups is 1. The largest absolute Gasteiger partial charge is 0.628 e. The molecule has 0 aromatic heterocycles. The molecule has 0 saturated carbocycles. The third kappa shape index (κ3) is 9.29. The van der Waals surface area contributed by atoms with Crippen molar-refractivity contribution >= 4 is 57.9 Å².